The van der Waals surface area contributed by atoms with Crippen molar-refractivity contribution in [2.75, 3.05) is 13.1 Å². The van der Waals surface area contributed by atoms with Crippen LogP contribution in [-0.4, -0.2) is 29.5 Å². The highest BCUT2D eigenvalue weighted by atomic mass is 16.5. The van der Waals surface area contributed by atoms with Gasteiger partial charge in [-0.25, -0.2) is 5.01 Å². The summed E-state index contributed by atoms with van der Waals surface area (Å²) in [5.74, 6) is 2.68. The number of fused-ring (bicyclic) bond motifs is 4. The molecule has 1 N–H and O–H groups in total. The summed E-state index contributed by atoms with van der Waals surface area (Å²) in [4.78, 5) is 0. The molecule has 3 aliphatic rings. The molecule has 0 bridgehead atoms. The van der Waals surface area contributed by atoms with E-state index in [4.69, 9.17) is 14.6 Å². The van der Waals surface area contributed by atoms with E-state index in [1.807, 2.05) is 42.5 Å². The molecule has 3 aromatic rings. The molecule has 5 heteroatoms. The predicted octanol–water partition coefficient (Wildman–Crippen LogP) is 5.10. The van der Waals surface area contributed by atoms with Crippen molar-refractivity contribution in [1.82, 2.24) is 10.3 Å². The van der Waals surface area contributed by atoms with Crippen molar-refractivity contribution in [3.63, 3.8) is 0 Å². The topological polar surface area (TPSA) is 46.1 Å². The number of benzene rings is 3. The van der Waals surface area contributed by atoms with Gasteiger partial charge >= 0.3 is 0 Å². The lowest BCUT2D eigenvalue weighted by molar-refractivity contribution is -0.136. The van der Waals surface area contributed by atoms with Crippen LogP contribution in [0.25, 0.3) is 0 Å². The zero-order valence-corrected chi connectivity index (χ0v) is 17.3. The molecule has 1 fully saturated rings. The van der Waals surface area contributed by atoms with Gasteiger partial charge in [-0.2, -0.15) is 5.10 Å². The highest BCUT2D eigenvalue weighted by Gasteiger charge is 2.50. The zero-order chi connectivity index (χ0) is 20.7. The first-order chi connectivity index (χ1) is 15.3. The SMILES string of the molecule is c1ccc(Oc2ccc(C3=NN4[C@H](C3)c3ccccc3OC43CCNCC3)cc2)cc1. The average molecular weight is 412 g/mol. The number of para-hydroxylation sites is 2. The van der Waals surface area contributed by atoms with Gasteiger partial charge in [0.1, 0.15) is 17.2 Å². The number of hydrogen-bond acceptors (Lipinski definition) is 5. The Labute approximate surface area is 182 Å². The van der Waals surface area contributed by atoms with Crippen LogP contribution >= 0.6 is 0 Å². The molecular formula is C26H25N3O2. The van der Waals surface area contributed by atoms with Crippen LogP contribution < -0.4 is 14.8 Å². The van der Waals surface area contributed by atoms with Gasteiger partial charge in [0.05, 0.1) is 11.8 Å². The minimum atomic E-state index is -0.359. The highest BCUT2D eigenvalue weighted by Crippen LogP contribution is 2.49. The molecule has 31 heavy (non-hydrogen) atoms. The molecule has 3 heterocycles. The Balaban J connectivity index is 1.30. The van der Waals surface area contributed by atoms with Crippen molar-refractivity contribution >= 4 is 5.71 Å². The van der Waals surface area contributed by atoms with Crippen LogP contribution in [0.5, 0.6) is 17.2 Å². The van der Waals surface area contributed by atoms with Gasteiger partial charge in [0, 0.05) is 37.9 Å². The lowest BCUT2D eigenvalue weighted by Crippen LogP contribution is -2.58. The summed E-state index contributed by atoms with van der Waals surface area (Å²) < 4.78 is 12.6. The van der Waals surface area contributed by atoms with Gasteiger partial charge in [0.2, 0.25) is 5.72 Å². The summed E-state index contributed by atoms with van der Waals surface area (Å²) in [5.41, 5.74) is 3.11. The van der Waals surface area contributed by atoms with Crippen molar-refractivity contribution in [1.29, 1.82) is 0 Å². The van der Waals surface area contributed by atoms with Gasteiger partial charge in [0.15, 0.2) is 0 Å². The fourth-order valence-corrected chi connectivity index (χ4v) is 4.89. The Kier molecular flexibility index (Phi) is 4.42. The normalized spacial score (nSPS) is 21.1. The Hall–Kier alpha value is -3.31. The van der Waals surface area contributed by atoms with E-state index >= 15 is 0 Å². The zero-order valence-electron chi connectivity index (χ0n) is 17.3. The molecular weight excluding hydrogens is 386 g/mol. The average Bonchev–Trinajstić information content (AvgIpc) is 3.28. The molecule has 5 nitrogen and oxygen atoms in total. The van der Waals surface area contributed by atoms with Crippen LogP contribution in [0.3, 0.4) is 0 Å². The van der Waals surface area contributed by atoms with E-state index in [1.165, 1.54) is 5.56 Å². The van der Waals surface area contributed by atoms with Crippen molar-refractivity contribution in [2.45, 2.75) is 31.0 Å². The van der Waals surface area contributed by atoms with Gasteiger partial charge in [-0.3, -0.25) is 0 Å². The molecule has 0 radical (unpaired) electrons. The smallest absolute Gasteiger partial charge is 0.200 e. The van der Waals surface area contributed by atoms with E-state index in [9.17, 15) is 0 Å². The number of ether oxygens (including phenoxy) is 2. The number of hydrogen-bond donors (Lipinski definition) is 1. The monoisotopic (exact) mass is 411 g/mol. The first-order valence-corrected chi connectivity index (χ1v) is 11.0. The minimum Gasteiger partial charge on any atom is -0.466 e. The third kappa shape index (κ3) is 3.26. The lowest BCUT2D eigenvalue weighted by Gasteiger charge is -2.49. The van der Waals surface area contributed by atoms with Crippen molar-refractivity contribution in [2.24, 2.45) is 5.10 Å². The second kappa shape index (κ2) is 7.43. The van der Waals surface area contributed by atoms with Crippen LogP contribution in [-0.2, 0) is 0 Å². The van der Waals surface area contributed by atoms with Crippen molar-refractivity contribution in [3.8, 4) is 17.2 Å². The summed E-state index contributed by atoms with van der Waals surface area (Å²) in [5, 5.41) is 10.8. The van der Waals surface area contributed by atoms with E-state index in [1.54, 1.807) is 0 Å². The number of nitrogens with one attached hydrogen (secondary N) is 1. The fraction of sp³-hybridized carbons (Fsp3) is 0.269. The van der Waals surface area contributed by atoms with E-state index in [-0.39, 0.29) is 11.8 Å². The molecule has 1 saturated heterocycles. The molecule has 0 amide bonds. The van der Waals surface area contributed by atoms with Crippen LogP contribution in [0.1, 0.15) is 36.4 Å². The second-order valence-corrected chi connectivity index (χ2v) is 8.39. The summed E-state index contributed by atoms with van der Waals surface area (Å²) in [6.45, 7) is 1.89. The molecule has 3 aliphatic heterocycles. The van der Waals surface area contributed by atoms with Crippen LogP contribution in [0.2, 0.25) is 0 Å². The standard InChI is InChI=1S/C26H25N3O2/c1-2-6-20(7-3-1)30-21-12-10-19(11-13-21)23-18-24-22-8-4-5-9-25(22)31-26(29(24)28-23)14-16-27-17-15-26/h1-13,24,27H,14-18H2/t24-/m1/s1. The lowest BCUT2D eigenvalue weighted by atomic mass is 9.91. The number of nitrogens with zero attached hydrogens (tertiary/aromatic N) is 2. The van der Waals surface area contributed by atoms with Crippen LogP contribution in [0.4, 0.5) is 0 Å². The summed E-state index contributed by atoms with van der Waals surface area (Å²) in [7, 11) is 0. The second-order valence-electron chi connectivity index (χ2n) is 8.39. The Morgan fingerprint density at radius 2 is 1.58 bits per heavy atom. The van der Waals surface area contributed by atoms with Gasteiger partial charge in [0.25, 0.3) is 0 Å². The van der Waals surface area contributed by atoms with E-state index < -0.39 is 0 Å². The third-order valence-corrected chi connectivity index (χ3v) is 6.46. The van der Waals surface area contributed by atoms with Crippen LogP contribution in [0.15, 0.2) is 84.0 Å². The number of piperidine rings is 1. The molecule has 0 aromatic heterocycles. The maximum absolute atomic E-state index is 6.60. The Morgan fingerprint density at radius 1 is 0.871 bits per heavy atom. The molecule has 0 unspecified atom stereocenters. The molecule has 0 aliphatic carbocycles. The highest BCUT2D eigenvalue weighted by molar-refractivity contribution is 6.02. The van der Waals surface area contributed by atoms with Gasteiger partial charge < -0.3 is 14.8 Å². The first-order valence-electron chi connectivity index (χ1n) is 11.0. The summed E-state index contributed by atoms with van der Waals surface area (Å²) in [6.07, 6.45) is 2.74. The Bertz CT molecular complexity index is 1110. The number of rotatable bonds is 3. The molecule has 1 atom stereocenters. The largest absolute Gasteiger partial charge is 0.466 e. The van der Waals surface area contributed by atoms with Crippen molar-refractivity contribution < 1.29 is 9.47 Å². The Morgan fingerprint density at radius 3 is 2.39 bits per heavy atom. The quantitative estimate of drug-likeness (QED) is 0.651. The number of hydrazone groups is 1. The van der Waals surface area contributed by atoms with Gasteiger partial charge in [-0.15, -0.1) is 0 Å². The summed E-state index contributed by atoms with van der Waals surface area (Å²) in [6, 6.07) is 26.8. The van der Waals surface area contributed by atoms with E-state index in [0.717, 1.165) is 60.9 Å². The maximum atomic E-state index is 6.60. The minimum absolute atomic E-state index is 0.221. The predicted molar refractivity (Wildman–Crippen MR) is 121 cm³/mol. The molecule has 156 valence electrons. The molecule has 0 saturated carbocycles. The van der Waals surface area contributed by atoms with Crippen LogP contribution in [0, 0.1) is 0 Å². The molecule has 3 aromatic carbocycles. The summed E-state index contributed by atoms with van der Waals surface area (Å²) >= 11 is 0. The third-order valence-electron chi connectivity index (χ3n) is 6.46. The maximum Gasteiger partial charge on any atom is 0.200 e. The molecule has 6 rings (SSSR count). The van der Waals surface area contributed by atoms with E-state index in [2.05, 4.69) is 46.7 Å². The first kappa shape index (κ1) is 18.5. The van der Waals surface area contributed by atoms with Gasteiger partial charge in [-0.1, -0.05) is 36.4 Å². The van der Waals surface area contributed by atoms with Gasteiger partial charge in [-0.05, 0) is 48.0 Å². The van der Waals surface area contributed by atoms with E-state index in [0.29, 0.717) is 0 Å². The van der Waals surface area contributed by atoms with Crippen molar-refractivity contribution in [3.05, 3.63) is 90.0 Å². The molecule has 1 spiro atoms. The fourth-order valence-electron chi connectivity index (χ4n) is 4.89.